The maximum absolute atomic E-state index is 11.9. The first kappa shape index (κ1) is 13.7. The minimum Gasteiger partial charge on any atom is -0.493 e. The fourth-order valence-electron chi connectivity index (χ4n) is 2.11. The molecule has 0 aromatic heterocycles. The molecule has 0 spiro atoms. The zero-order chi connectivity index (χ0) is 13.7. The maximum atomic E-state index is 11.9. The van der Waals surface area contributed by atoms with E-state index < -0.39 is 0 Å². The van der Waals surface area contributed by atoms with Gasteiger partial charge < -0.3 is 9.64 Å². The molecule has 3 nitrogen and oxygen atoms in total. The summed E-state index contributed by atoms with van der Waals surface area (Å²) in [7, 11) is 1.85. The molecule has 1 heterocycles. The highest BCUT2D eigenvalue weighted by molar-refractivity contribution is 5.91. The Morgan fingerprint density at radius 2 is 2.32 bits per heavy atom. The number of likely N-dealkylation sites (N-methyl/N-ethyl adjacent to an activating group) is 1. The van der Waals surface area contributed by atoms with Gasteiger partial charge in [0.05, 0.1) is 6.61 Å². The van der Waals surface area contributed by atoms with Crippen LogP contribution >= 0.6 is 0 Å². The van der Waals surface area contributed by atoms with Crippen molar-refractivity contribution in [3.63, 3.8) is 0 Å². The third-order valence-electron chi connectivity index (χ3n) is 3.36. The summed E-state index contributed by atoms with van der Waals surface area (Å²) < 4.78 is 5.46. The molecule has 0 unspecified atom stereocenters. The molecule has 1 aromatic carbocycles. The van der Waals surface area contributed by atoms with Crippen molar-refractivity contribution in [3.05, 3.63) is 35.4 Å². The van der Waals surface area contributed by atoms with Crippen molar-refractivity contribution in [1.29, 1.82) is 0 Å². The van der Waals surface area contributed by atoms with Crippen molar-refractivity contribution in [1.82, 2.24) is 4.90 Å². The van der Waals surface area contributed by atoms with Crippen LogP contribution in [0.1, 0.15) is 30.9 Å². The topological polar surface area (TPSA) is 29.5 Å². The highest BCUT2D eigenvalue weighted by Crippen LogP contribution is 2.26. The van der Waals surface area contributed by atoms with E-state index in [1.54, 1.807) is 11.0 Å². The molecule has 19 heavy (non-hydrogen) atoms. The lowest BCUT2D eigenvalue weighted by atomic mass is 10.1. The van der Waals surface area contributed by atoms with Gasteiger partial charge >= 0.3 is 0 Å². The molecular formula is C16H21NO2. The highest BCUT2D eigenvalue weighted by atomic mass is 16.5. The molecule has 1 aliphatic rings. The quantitative estimate of drug-likeness (QED) is 0.761. The van der Waals surface area contributed by atoms with Gasteiger partial charge in [0, 0.05) is 26.1 Å². The average Bonchev–Trinajstić information content (AvgIpc) is 2.89. The second-order valence-electron chi connectivity index (χ2n) is 4.91. The summed E-state index contributed by atoms with van der Waals surface area (Å²) in [5, 5.41) is 0. The fourth-order valence-corrected chi connectivity index (χ4v) is 2.11. The van der Waals surface area contributed by atoms with Crippen LogP contribution in [0.4, 0.5) is 0 Å². The summed E-state index contributed by atoms with van der Waals surface area (Å²) in [6, 6.07) is 6.06. The molecule has 0 bridgehead atoms. The SMILES string of the molecule is CCCCN(C)C(=O)/C=C/c1ccc2c(c1)CCO2. The van der Waals surface area contributed by atoms with E-state index in [-0.39, 0.29) is 5.91 Å². The van der Waals surface area contributed by atoms with E-state index in [0.29, 0.717) is 0 Å². The summed E-state index contributed by atoms with van der Waals surface area (Å²) in [5.74, 6) is 1.04. The number of unbranched alkanes of at least 4 members (excludes halogenated alkanes) is 1. The van der Waals surface area contributed by atoms with E-state index in [4.69, 9.17) is 4.74 Å². The molecule has 0 saturated heterocycles. The van der Waals surface area contributed by atoms with Gasteiger partial charge in [0.25, 0.3) is 0 Å². The molecule has 0 saturated carbocycles. The number of carbonyl (C=O) groups excluding carboxylic acids is 1. The number of hydrogen-bond donors (Lipinski definition) is 0. The van der Waals surface area contributed by atoms with Crippen molar-refractivity contribution in [2.75, 3.05) is 20.2 Å². The maximum Gasteiger partial charge on any atom is 0.246 e. The van der Waals surface area contributed by atoms with Crippen molar-refractivity contribution in [3.8, 4) is 5.75 Å². The first-order chi connectivity index (χ1) is 9.20. The van der Waals surface area contributed by atoms with Crippen molar-refractivity contribution in [2.45, 2.75) is 26.2 Å². The van der Waals surface area contributed by atoms with E-state index in [2.05, 4.69) is 13.0 Å². The van der Waals surface area contributed by atoms with Gasteiger partial charge in [-0.15, -0.1) is 0 Å². The highest BCUT2D eigenvalue weighted by Gasteiger charge is 2.11. The number of benzene rings is 1. The van der Waals surface area contributed by atoms with Crippen LogP contribution in [0.5, 0.6) is 5.75 Å². The summed E-state index contributed by atoms with van der Waals surface area (Å²) in [6.07, 6.45) is 6.64. The summed E-state index contributed by atoms with van der Waals surface area (Å²) in [5.41, 5.74) is 2.29. The predicted octanol–water partition coefficient (Wildman–Crippen LogP) is 2.89. The van der Waals surface area contributed by atoms with Gasteiger partial charge in [0.15, 0.2) is 0 Å². The van der Waals surface area contributed by atoms with E-state index in [1.807, 2.05) is 25.3 Å². The zero-order valence-electron chi connectivity index (χ0n) is 11.7. The number of fused-ring (bicyclic) bond motifs is 1. The Kier molecular flexibility index (Phi) is 4.61. The molecule has 102 valence electrons. The predicted molar refractivity (Wildman–Crippen MR) is 77.2 cm³/mol. The largest absolute Gasteiger partial charge is 0.493 e. The van der Waals surface area contributed by atoms with Crippen LogP contribution in [-0.2, 0) is 11.2 Å². The standard InChI is InChI=1S/C16H21NO2/c1-3-4-10-17(2)16(18)8-6-13-5-7-15-14(12-13)9-11-19-15/h5-8,12H,3-4,9-11H2,1-2H3/b8-6+. The van der Waals surface area contributed by atoms with E-state index in [0.717, 1.165) is 43.7 Å². The Morgan fingerprint density at radius 1 is 1.47 bits per heavy atom. The average molecular weight is 259 g/mol. The fraction of sp³-hybridized carbons (Fsp3) is 0.438. The molecule has 0 N–H and O–H groups in total. The van der Waals surface area contributed by atoms with Gasteiger partial charge in [0.2, 0.25) is 5.91 Å². The monoisotopic (exact) mass is 259 g/mol. The van der Waals surface area contributed by atoms with Crippen molar-refractivity contribution >= 4 is 12.0 Å². The molecular weight excluding hydrogens is 238 g/mol. The normalized spacial score (nSPS) is 13.4. The number of rotatable bonds is 5. The molecule has 0 fully saturated rings. The zero-order valence-corrected chi connectivity index (χ0v) is 11.7. The molecule has 1 aliphatic heterocycles. The molecule has 0 aliphatic carbocycles. The number of hydrogen-bond acceptors (Lipinski definition) is 2. The number of nitrogens with zero attached hydrogens (tertiary/aromatic N) is 1. The minimum absolute atomic E-state index is 0.0604. The van der Waals surface area contributed by atoms with Gasteiger partial charge in [-0.3, -0.25) is 4.79 Å². The Balaban J connectivity index is 1.96. The second kappa shape index (κ2) is 6.41. The van der Waals surface area contributed by atoms with Crippen LogP contribution in [0.25, 0.3) is 6.08 Å². The van der Waals surface area contributed by atoms with Gasteiger partial charge in [-0.1, -0.05) is 19.4 Å². The third-order valence-corrected chi connectivity index (χ3v) is 3.36. The van der Waals surface area contributed by atoms with Gasteiger partial charge in [-0.05, 0) is 35.8 Å². The molecule has 0 atom stereocenters. The lowest BCUT2D eigenvalue weighted by Gasteiger charge is -2.13. The Labute approximate surface area is 114 Å². The van der Waals surface area contributed by atoms with E-state index in [9.17, 15) is 4.79 Å². The van der Waals surface area contributed by atoms with Crippen LogP contribution in [0.2, 0.25) is 0 Å². The Bertz CT molecular complexity index is 480. The first-order valence-corrected chi connectivity index (χ1v) is 6.89. The second-order valence-corrected chi connectivity index (χ2v) is 4.91. The first-order valence-electron chi connectivity index (χ1n) is 6.89. The summed E-state index contributed by atoms with van der Waals surface area (Å²) >= 11 is 0. The van der Waals surface area contributed by atoms with E-state index in [1.165, 1.54) is 5.56 Å². The minimum atomic E-state index is 0.0604. The number of amides is 1. The molecule has 1 aromatic rings. The van der Waals surface area contributed by atoms with Crippen LogP contribution in [0, 0.1) is 0 Å². The lowest BCUT2D eigenvalue weighted by molar-refractivity contribution is -0.124. The van der Waals surface area contributed by atoms with Crippen LogP contribution in [0.15, 0.2) is 24.3 Å². The van der Waals surface area contributed by atoms with Gasteiger partial charge in [-0.2, -0.15) is 0 Å². The van der Waals surface area contributed by atoms with Gasteiger partial charge in [0.1, 0.15) is 5.75 Å². The lowest BCUT2D eigenvalue weighted by Crippen LogP contribution is -2.25. The molecule has 0 radical (unpaired) electrons. The van der Waals surface area contributed by atoms with Crippen LogP contribution in [-0.4, -0.2) is 31.0 Å². The van der Waals surface area contributed by atoms with Crippen LogP contribution < -0.4 is 4.74 Å². The molecule has 3 heteroatoms. The number of ether oxygens (including phenoxy) is 1. The Morgan fingerprint density at radius 3 is 3.11 bits per heavy atom. The Hall–Kier alpha value is -1.77. The molecule has 1 amide bonds. The van der Waals surface area contributed by atoms with Gasteiger partial charge in [-0.25, -0.2) is 0 Å². The van der Waals surface area contributed by atoms with Crippen molar-refractivity contribution < 1.29 is 9.53 Å². The van der Waals surface area contributed by atoms with E-state index >= 15 is 0 Å². The smallest absolute Gasteiger partial charge is 0.246 e. The molecule has 2 rings (SSSR count). The third kappa shape index (κ3) is 3.60. The number of carbonyl (C=O) groups is 1. The van der Waals surface area contributed by atoms with Crippen LogP contribution in [0.3, 0.4) is 0 Å². The summed E-state index contributed by atoms with van der Waals surface area (Å²) in [6.45, 7) is 3.71. The van der Waals surface area contributed by atoms with Crippen molar-refractivity contribution in [2.24, 2.45) is 0 Å². The summed E-state index contributed by atoms with van der Waals surface area (Å²) in [4.78, 5) is 13.6.